The molecule has 1 heterocycles. The van der Waals surface area contributed by atoms with Crippen LogP contribution in [0.3, 0.4) is 0 Å². The fourth-order valence-corrected chi connectivity index (χ4v) is 1.53. The summed E-state index contributed by atoms with van der Waals surface area (Å²) in [4.78, 5) is 31.1. The van der Waals surface area contributed by atoms with E-state index in [9.17, 15) is 9.59 Å². The van der Waals surface area contributed by atoms with Crippen molar-refractivity contribution < 1.29 is 9.59 Å². The van der Waals surface area contributed by atoms with Crippen LogP contribution in [0.4, 0.5) is 5.69 Å². The summed E-state index contributed by atoms with van der Waals surface area (Å²) in [5, 5.41) is 2.70. The van der Waals surface area contributed by atoms with Crippen LogP contribution in [-0.4, -0.2) is 21.7 Å². The number of rotatable bonds is 3. The second-order valence-electron chi connectivity index (χ2n) is 4.11. The van der Waals surface area contributed by atoms with Gasteiger partial charge in [-0.05, 0) is 26.0 Å². The maximum atomic E-state index is 11.9. The Morgan fingerprint density at radius 3 is 2.42 bits per heavy atom. The fraction of sp³-hybridized carbons (Fsp3) is 0.143. The zero-order valence-electron chi connectivity index (χ0n) is 10.7. The number of hydrogen-bond donors (Lipinski definition) is 1. The Kier molecular flexibility index (Phi) is 3.66. The van der Waals surface area contributed by atoms with E-state index in [2.05, 4.69) is 15.3 Å². The number of carbonyl (C=O) groups is 2. The Balaban J connectivity index is 2.17. The smallest absolute Gasteiger partial charge is 0.258 e. The molecule has 5 heteroatoms. The Bertz CT molecular complexity index is 621. The molecule has 0 saturated heterocycles. The Morgan fingerprint density at radius 2 is 1.79 bits per heavy atom. The summed E-state index contributed by atoms with van der Waals surface area (Å²) in [5.41, 5.74) is 1.50. The van der Waals surface area contributed by atoms with Gasteiger partial charge in [0.15, 0.2) is 5.78 Å². The van der Waals surface area contributed by atoms with Gasteiger partial charge in [0.05, 0.1) is 5.56 Å². The maximum absolute atomic E-state index is 11.9. The lowest BCUT2D eigenvalue weighted by Gasteiger charge is -2.06. The van der Waals surface area contributed by atoms with E-state index in [1.54, 1.807) is 31.2 Å². The second kappa shape index (κ2) is 5.39. The quantitative estimate of drug-likeness (QED) is 0.854. The summed E-state index contributed by atoms with van der Waals surface area (Å²) < 4.78 is 0. The number of carbonyl (C=O) groups excluding carboxylic acids is 2. The summed E-state index contributed by atoms with van der Waals surface area (Å²) in [6.07, 6.45) is 2.93. The highest BCUT2D eigenvalue weighted by molar-refractivity contribution is 6.04. The van der Waals surface area contributed by atoms with Crippen LogP contribution in [0, 0.1) is 6.92 Å². The van der Waals surface area contributed by atoms with Crippen LogP contribution in [0.15, 0.2) is 36.7 Å². The van der Waals surface area contributed by atoms with Crippen molar-refractivity contribution in [3.05, 3.63) is 53.6 Å². The lowest BCUT2D eigenvalue weighted by molar-refractivity contribution is 0.101. The van der Waals surface area contributed by atoms with Crippen molar-refractivity contribution in [2.24, 2.45) is 0 Å². The maximum Gasteiger partial charge on any atom is 0.258 e. The number of hydrogen-bond acceptors (Lipinski definition) is 4. The van der Waals surface area contributed by atoms with E-state index in [4.69, 9.17) is 0 Å². The van der Waals surface area contributed by atoms with E-state index < -0.39 is 0 Å². The van der Waals surface area contributed by atoms with E-state index in [1.807, 2.05) is 0 Å². The minimum atomic E-state index is -0.305. The van der Waals surface area contributed by atoms with Crippen molar-refractivity contribution in [1.29, 1.82) is 0 Å². The molecule has 0 aliphatic carbocycles. The molecule has 0 bridgehead atoms. The first-order valence-electron chi connectivity index (χ1n) is 5.77. The van der Waals surface area contributed by atoms with E-state index in [-0.39, 0.29) is 11.7 Å². The first-order valence-corrected chi connectivity index (χ1v) is 5.77. The number of Topliss-reactive ketones (excluding diaryl/α,β-unsaturated/α-hetero) is 1. The summed E-state index contributed by atoms with van der Waals surface area (Å²) in [5.74, 6) is 0.255. The van der Waals surface area contributed by atoms with E-state index in [1.165, 1.54) is 19.3 Å². The molecule has 2 rings (SSSR count). The molecule has 1 aromatic carbocycles. The van der Waals surface area contributed by atoms with Crippen molar-refractivity contribution in [2.45, 2.75) is 13.8 Å². The number of nitrogens with zero attached hydrogens (tertiary/aromatic N) is 2. The van der Waals surface area contributed by atoms with Crippen molar-refractivity contribution in [3.8, 4) is 0 Å². The minimum Gasteiger partial charge on any atom is -0.322 e. The van der Waals surface area contributed by atoms with Gasteiger partial charge >= 0.3 is 0 Å². The van der Waals surface area contributed by atoms with E-state index >= 15 is 0 Å². The molecule has 19 heavy (non-hydrogen) atoms. The Hall–Kier alpha value is -2.56. The van der Waals surface area contributed by atoms with Crippen LogP contribution in [0.1, 0.15) is 33.5 Å². The van der Waals surface area contributed by atoms with Gasteiger partial charge < -0.3 is 5.32 Å². The third kappa shape index (κ3) is 3.22. The van der Waals surface area contributed by atoms with Crippen molar-refractivity contribution in [3.63, 3.8) is 0 Å². The monoisotopic (exact) mass is 255 g/mol. The Labute approximate surface area is 110 Å². The number of amides is 1. The normalized spacial score (nSPS) is 10.0. The van der Waals surface area contributed by atoms with Crippen molar-refractivity contribution in [2.75, 3.05) is 5.32 Å². The van der Waals surface area contributed by atoms with Gasteiger partial charge in [0, 0.05) is 23.6 Å². The molecular formula is C14H13N3O2. The van der Waals surface area contributed by atoms with Crippen molar-refractivity contribution in [1.82, 2.24) is 9.97 Å². The molecule has 0 atom stereocenters. The van der Waals surface area contributed by atoms with Crippen LogP contribution in [0.25, 0.3) is 0 Å². The molecule has 96 valence electrons. The summed E-state index contributed by atoms with van der Waals surface area (Å²) >= 11 is 0. The number of benzene rings is 1. The van der Waals surface area contributed by atoms with Gasteiger partial charge in [-0.1, -0.05) is 12.1 Å². The SMILES string of the molecule is CC(=O)c1cccc(NC(=O)c2cnc(C)nc2)c1. The van der Waals surface area contributed by atoms with Crippen LogP contribution < -0.4 is 5.32 Å². The molecule has 2 aromatic rings. The third-order valence-electron chi connectivity index (χ3n) is 2.57. The molecule has 1 amide bonds. The van der Waals surface area contributed by atoms with Gasteiger partial charge in [0.25, 0.3) is 5.91 Å². The number of ketones is 1. The van der Waals surface area contributed by atoms with Gasteiger partial charge in [0.1, 0.15) is 5.82 Å². The van der Waals surface area contributed by atoms with Gasteiger partial charge in [-0.15, -0.1) is 0 Å². The molecule has 0 radical (unpaired) electrons. The highest BCUT2D eigenvalue weighted by atomic mass is 16.1. The topological polar surface area (TPSA) is 72.0 Å². The van der Waals surface area contributed by atoms with Gasteiger partial charge in [-0.25, -0.2) is 9.97 Å². The lowest BCUT2D eigenvalue weighted by Crippen LogP contribution is -2.13. The molecule has 0 spiro atoms. The standard InChI is InChI=1S/C14H13N3O2/c1-9(18)11-4-3-5-13(6-11)17-14(19)12-7-15-10(2)16-8-12/h3-8H,1-2H3,(H,17,19). The fourth-order valence-electron chi connectivity index (χ4n) is 1.53. The van der Waals surface area contributed by atoms with Crippen LogP contribution in [0.2, 0.25) is 0 Å². The largest absolute Gasteiger partial charge is 0.322 e. The number of nitrogens with one attached hydrogen (secondary N) is 1. The average Bonchev–Trinajstić information content (AvgIpc) is 2.39. The molecule has 1 aromatic heterocycles. The van der Waals surface area contributed by atoms with Crippen LogP contribution in [0.5, 0.6) is 0 Å². The number of aromatic nitrogens is 2. The van der Waals surface area contributed by atoms with E-state index in [0.717, 1.165) is 0 Å². The first kappa shape index (κ1) is 12.9. The zero-order chi connectivity index (χ0) is 13.8. The molecule has 0 saturated carbocycles. The molecule has 0 unspecified atom stereocenters. The molecule has 0 aliphatic rings. The van der Waals surface area contributed by atoms with Gasteiger partial charge in [0.2, 0.25) is 0 Å². The van der Waals surface area contributed by atoms with Crippen LogP contribution >= 0.6 is 0 Å². The lowest BCUT2D eigenvalue weighted by atomic mass is 10.1. The molecule has 0 fully saturated rings. The first-order chi connectivity index (χ1) is 9.06. The molecule has 0 aliphatic heterocycles. The molecule has 1 N–H and O–H groups in total. The predicted octanol–water partition coefficient (Wildman–Crippen LogP) is 2.24. The minimum absolute atomic E-state index is 0.0465. The molecular weight excluding hydrogens is 242 g/mol. The molecule has 5 nitrogen and oxygen atoms in total. The zero-order valence-corrected chi connectivity index (χ0v) is 10.7. The third-order valence-corrected chi connectivity index (χ3v) is 2.57. The van der Waals surface area contributed by atoms with E-state index in [0.29, 0.717) is 22.6 Å². The average molecular weight is 255 g/mol. The summed E-state index contributed by atoms with van der Waals surface area (Å²) in [6.45, 7) is 3.23. The highest BCUT2D eigenvalue weighted by Crippen LogP contribution is 2.12. The van der Waals surface area contributed by atoms with Crippen LogP contribution in [-0.2, 0) is 0 Å². The second-order valence-corrected chi connectivity index (χ2v) is 4.11. The van der Waals surface area contributed by atoms with Gasteiger partial charge in [-0.2, -0.15) is 0 Å². The number of anilines is 1. The number of aryl methyl sites for hydroxylation is 1. The van der Waals surface area contributed by atoms with Crippen molar-refractivity contribution >= 4 is 17.4 Å². The summed E-state index contributed by atoms with van der Waals surface area (Å²) in [6, 6.07) is 6.78. The predicted molar refractivity (Wildman–Crippen MR) is 71.2 cm³/mol. The van der Waals surface area contributed by atoms with Gasteiger partial charge in [-0.3, -0.25) is 9.59 Å². The summed E-state index contributed by atoms with van der Waals surface area (Å²) in [7, 11) is 0. The highest BCUT2D eigenvalue weighted by Gasteiger charge is 2.08. The Morgan fingerprint density at radius 1 is 1.11 bits per heavy atom.